The van der Waals surface area contributed by atoms with Gasteiger partial charge in [-0.1, -0.05) is 32.8 Å². The number of carbonyl (C=O) groups excluding carboxylic acids is 4. The monoisotopic (exact) mass is 625 g/mol. The molecule has 0 fully saturated rings. The fraction of sp³-hybridized carbons (Fsp3) is 0.586. The summed E-state index contributed by atoms with van der Waals surface area (Å²) in [6.45, 7) is 5.43. The van der Waals surface area contributed by atoms with Gasteiger partial charge in [0.25, 0.3) is 0 Å². The summed E-state index contributed by atoms with van der Waals surface area (Å²) in [5, 5.41) is 26.8. The number of phenols is 1. The van der Waals surface area contributed by atoms with E-state index in [1.807, 2.05) is 6.07 Å². The van der Waals surface area contributed by atoms with Gasteiger partial charge in [0.05, 0.1) is 30.0 Å². The Hall–Kier alpha value is -2.76. The molecule has 0 radical (unpaired) electrons. The highest BCUT2D eigenvalue weighted by atomic mass is 79.9. The molecule has 1 atom stereocenters. The summed E-state index contributed by atoms with van der Waals surface area (Å²) < 4.78 is 5.20. The maximum atomic E-state index is 12.3. The number of anilines is 1. The van der Waals surface area contributed by atoms with E-state index in [9.17, 15) is 24.3 Å². The van der Waals surface area contributed by atoms with Crippen molar-refractivity contribution in [1.29, 1.82) is 0 Å². The molecule has 0 unspecified atom stereocenters. The first-order chi connectivity index (χ1) is 19.2. The third-order valence-electron chi connectivity index (χ3n) is 5.97. The highest BCUT2D eigenvalue weighted by molar-refractivity contribution is 9.12. The largest absolute Gasteiger partial charge is 0.506 e. The molecule has 1 aromatic rings. The average molecular weight is 627 g/mol. The fourth-order valence-electron chi connectivity index (χ4n) is 3.94. The van der Waals surface area contributed by atoms with Crippen LogP contribution in [-0.4, -0.2) is 66.6 Å². The third kappa shape index (κ3) is 16.4. The number of nitrogens with one attached hydrogen (secondary N) is 3. The van der Waals surface area contributed by atoms with Crippen molar-refractivity contribution in [3.63, 3.8) is 0 Å². The number of aromatic hydroxyl groups is 1. The molecule has 0 aliphatic carbocycles. The zero-order valence-electron chi connectivity index (χ0n) is 23.6. The maximum absolute atomic E-state index is 12.3. The lowest BCUT2D eigenvalue weighted by molar-refractivity contribution is -0.121. The zero-order chi connectivity index (χ0) is 29.8. The Morgan fingerprint density at radius 1 is 1.00 bits per heavy atom. The van der Waals surface area contributed by atoms with Crippen molar-refractivity contribution in [2.24, 2.45) is 5.92 Å². The van der Waals surface area contributed by atoms with Crippen LogP contribution < -0.4 is 16.0 Å². The number of hydrogen-bond donors (Lipinski definition) is 5. The third-order valence-corrected chi connectivity index (χ3v) is 6.64. The molecule has 0 saturated heterocycles. The summed E-state index contributed by atoms with van der Waals surface area (Å²) in [5.41, 5.74) is 1.43. The first-order valence-corrected chi connectivity index (χ1v) is 14.7. The molecule has 0 spiro atoms. The predicted molar refractivity (Wildman–Crippen MR) is 158 cm³/mol. The van der Waals surface area contributed by atoms with Crippen molar-refractivity contribution in [1.82, 2.24) is 10.6 Å². The van der Waals surface area contributed by atoms with E-state index < -0.39 is 5.91 Å². The number of Topliss-reactive ketones (excluding diaryl/α,β-unsaturated/α-hetero) is 1. The summed E-state index contributed by atoms with van der Waals surface area (Å²) in [4.78, 5) is 48.4. The number of allylic oxidation sites excluding steroid dienone is 1. The number of amides is 3. The normalized spacial score (nSPS) is 12.1. The molecule has 224 valence electrons. The topological polar surface area (TPSA) is 154 Å². The van der Waals surface area contributed by atoms with Crippen LogP contribution in [0.3, 0.4) is 0 Å². The molecule has 0 aliphatic heterocycles. The number of phenolic OH excluding ortho intramolecular Hbond substituents is 1. The molecule has 1 rings (SSSR count). The van der Waals surface area contributed by atoms with Gasteiger partial charge in [-0.15, -0.1) is 0 Å². The molecule has 0 aliphatic rings. The van der Waals surface area contributed by atoms with Gasteiger partial charge in [0.2, 0.25) is 17.7 Å². The molecule has 0 bridgehead atoms. The number of aliphatic hydroxyl groups excluding tert-OH is 1. The number of halogens is 1. The molecule has 0 heterocycles. The minimum absolute atomic E-state index is 0.0110. The lowest BCUT2D eigenvalue weighted by atomic mass is 9.96. The van der Waals surface area contributed by atoms with Crippen LogP contribution in [0.25, 0.3) is 0 Å². The smallest absolute Gasteiger partial charge is 0.245 e. The van der Waals surface area contributed by atoms with Crippen LogP contribution >= 0.6 is 15.9 Å². The van der Waals surface area contributed by atoms with E-state index in [0.29, 0.717) is 44.0 Å². The van der Waals surface area contributed by atoms with Gasteiger partial charge >= 0.3 is 0 Å². The number of ether oxygens (including phenoxy) is 1. The van der Waals surface area contributed by atoms with Gasteiger partial charge in [-0.25, -0.2) is 0 Å². The quantitative estimate of drug-likeness (QED) is 0.0792. The summed E-state index contributed by atoms with van der Waals surface area (Å²) in [6.07, 6.45) is 6.32. The van der Waals surface area contributed by atoms with Crippen molar-refractivity contribution in [2.45, 2.75) is 71.6 Å². The van der Waals surface area contributed by atoms with Crippen LogP contribution in [0.2, 0.25) is 0 Å². The minimum Gasteiger partial charge on any atom is -0.506 e. The van der Waals surface area contributed by atoms with Gasteiger partial charge in [-0.2, -0.15) is 0 Å². The second kappa shape index (κ2) is 21.0. The van der Waals surface area contributed by atoms with Crippen molar-refractivity contribution >= 4 is 45.1 Å². The molecule has 5 N–H and O–H groups in total. The van der Waals surface area contributed by atoms with Crippen LogP contribution in [-0.2, 0) is 30.3 Å². The van der Waals surface area contributed by atoms with E-state index >= 15 is 0 Å². The zero-order valence-corrected chi connectivity index (χ0v) is 25.2. The molecule has 1 aromatic carbocycles. The average Bonchev–Trinajstić information content (AvgIpc) is 2.90. The number of hydrogen-bond acceptors (Lipinski definition) is 7. The molecule has 40 heavy (non-hydrogen) atoms. The molecule has 0 aromatic heterocycles. The van der Waals surface area contributed by atoms with Gasteiger partial charge in [0, 0.05) is 38.4 Å². The summed E-state index contributed by atoms with van der Waals surface area (Å²) in [5.74, 6) is -0.561. The molecule has 11 heteroatoms. The molecule has 10 nitrogen and oxygen atoms in total. The van der Waals surface area contributed by atoms with Crippen molar-refractivity contribution in [3.05, 3.63) is 34.3 Å². The fourth-order valence-corrected chi connectivity index (χ4v) is 4.34. The molecule has 0 saturated carbocycles. The maximum Gasteiger partial charge on any atom is 0.245 e. The molecular formula is C29H44BrN3O7. The number of ketones is 1. The Morgan fingerprint density at radius 3 is 2.45 bits per heavy atom. The molecular weight excluding hydrogens is 582 g/mol. The predicted octanol–water partition coefficient (Wildman–Crippen LogP) is 3.74. The lowest BCUT2D eigenvalue weighted by Crippen LogP contribution is -2.27. The highest BCUT2D eigenvalue weighted by Crippen LogP contribution is 2.26. The van der Waals surface area contributed by atoms with E-state index in [1.54, 1.807) is 12.1 Å². The Kier molecular flexibility index (Phi) is 18.6. The standard InChI is InChI=1S/C29H44BrN3O7/c1-3-7-21(2)18-22-11-12-26(36)24(19-22)33-28(38)10-6-13-31-29(39)20-23(30)25(35)8-4-5-9-27(37)32-14-16-40-17-15-34/h11-12,19-21,34,36H,3-10,13-18H2,1-2H3,(H,31,39)(H,32,37)(H,33,38)/b23-20-/t21-/m1/s1. The number of aliphatic hydroxyl groups is 1. The van der Waals surface area contributed by atoms with E-state index in [0.717, 1.165) is 24.8 Å². The van der Waals surface area contributed by atoms with Gasteiger partial charge in [-0.05, 0) is 65.2 Å². The number of carbonyl (C=O) groups is 4. The Bertz CT molecular complexity index is 984. The summed E-state index contributed by atoms with van der Waals surface area (Å²) >= 11 is 3.14. The van der Waals surface area contributed by atoms with E-state index in [2.05, 4.69) is 45.7 Å². The second-order valence-electron chi connectivity index (χ2n) is 9.70. The summed E-state index contributed by atoms with van der Waals surface area (Å²) in [7, 11) is 0. The van der Waals surface area contributed by atoms with Crippen LogP contribution in [0.5, 0.6) is 5.75 Å². The molecule has 3 amide bonds. The van der Waals surface area contributed by atoms with Crippen LogP contribution in [0.1, 0.15) is 70.8 Å². The SMILES string of the molecule is CCC[C@@H](C)Cc1ccc(O)c(NC(=O)CCCNC(=O)/C=C(\Br)C(=O)CCCCC(=O)NCCOCCO)c1. The van der Waals surface area contributed by atoms with Gasteiger partial charge in [0.1, 0.15) is 5.75 Å². The van der Waals surface area contributed by atoms with E-state index in [1.165, 1.54) is 6.08 Å². The number of benzene rings is 1. The number of rotatable bonds is 21. The second-order valence-corrected chi connectivity index (χ2v) is 10.6. The van der Waals surface area contributed by atoms with Crippen molar-refractivity contribution in [3.8, 4) is 5.75 Å². The van der Waals surface area contributed by atoms with Crippen LogP contribution in [0.4, 0.5) is 5.69 Å². The minimum atomic E-state index is -0.449. The first-order valence-electron chi connectivity index (χ1n) is 13.9. The van der Waals surface area contributed by atoms with E-state index in [-0.39, 0.29) is 66.9 Å². The summed E-state index contributed by atoms with van der Waals surface area (Å²) in [6, 6.07) is 5.25. The van der Waals surface area contributed by atoms with Crippen LogP contribution in [0, 0.1) is 5.92 Å². The number of unbranched alkanes of at least 4 members (excludes halogenated alkanes) is 1. The van der Waals surface area contributed by atoms with Gasteiger partial charge < -0.3 is 30.9 Å². The Balaban J connectivity index is 2.28. The van der Waals surface area contributed by atoms with Gasteiger partial charge in [-0.3, -0.25) is 19.2 Å². The Labute approximate surface area is 245 Å². The van der Waals surface area contributed by atoms with Crippen LogP contribution in [0.15, 0.2) is 28.8 Å². The lowest BCUT2D eigenvalue weighted by Gasteiger charge is -2.13. The Morgan fingerprint density at radius 2 is 1.73 bits per heavy atom. The first kappa shape index (κ1) is 35.3. The van der Waals surface area contributed by atoms with Crippen molar-refractivity contribution in [2.75, 3.05) is 38.2 Å². The highest BCUT2D eigenvalue weighted by Gasteiger charge is 2.12. The van der Waals surface area contributed by atoms with Gasteiger partial charge in [0.15, 0.2) is 5.78 Å². The van der Waals surface area contributed by atoms with E-state index in [4.69, 9.17) is 9.84 Å². The van der Waals surface area contributed by atoms with Crippen molar-refractivity contribution < 1.29 is 34.1 Å².